The first-order valence-electron chi connectivity index (χ1n) is 17.4. The van der Waals surface area contributed by atoms with Gasteiger partial charge in [0, 0.05) is 55.5 Å². The number of fused-ring (bicyclic) bond motifs is 1. The highest BCUT2D eigenvalue weighted by atomic mass is 16.5. The molecular formula is C39H50N4O5. The number of carbonyl (C=O) groups excluding carboxylic acids is 2. The molecule has 0 bridgehead atoms. The molecule has 0 radical (unpaired) electrons. The van der Waals surface area contributed by atoms with Crippen molar-refractivity contribution in [2.24, 2.45) is 0 Å². The summed E-state index contributed by atoms with van der Waals surface area (Å²) in [6, 6.07) is 21.7. The number of hydrogen-bond acceptors (Lipinski definition) is 7. The largest absolute Gasteiger partial charge is 0.465 e. The number of piperidine rings is 1. The maximum Gasteiger partial charge on any atom is 0.326 e. The lowest BCUT2D eigenvalue weighted by Crippen LogP contribution is -2.29. The standard InChI is InChI=1S/C25H34N2O5.C14H16N2/c1-2-32-25(30)19-27-18-23(14-15-24(27)29)26(21-28)16-10-5-3-4-6-11-17-31-20-22-12-8-7-9-13-22;1-4-8-16(9-5-1)14-11-15-10-12-6-2-3-7-13(12)14/h7-9,12-15,18,21H,2-6,10-11,16-17,19-20H2,1H3;2-3,6-7,10-11H,1,4-5,8-9H2. The summed E-state index contributed by atoms with van der Waals surface area (Å²) in [5.74, 6) is -0.477. The SMILES string of the molecule is CCOC(=O)Cn1cc(N(C=O)CCCCCCCCOCc2ccccc2)ccc1=O.c1ccc2c(N3CCCCC3)cncc2c1. The van der Waals surface area contributed by atoms with Crippen molar-refractivity contribution < 1.29 is 19.1 Å². The summed E-state index contributed by atoms with van der Waals surface area (Å²) in [5.41, 5.74) is 2.79. The fourth-order valence-corrected chi connectivity index (χ4v) is 5.85. The fraction of sp³-hybridized carbons (Fsp3) is 0.436. The van der Waals surface area contributed by atoms with Gasteiger partial charge in [-0.15, -0.1) is 0 Å². The first-order chi connectivity index (χ1) is 23.6. The summed E-state index contributed by atoms with van der Waals surface area (Å²) in [7, 11) is 0. The van der Waals surface area contributed by atoms with Crippen LogP contribution in [0.1, 0.15) is 70.3 Å². The first-order valence-corrected chi connectivity index (χ1v) is 17.4. The molecule has 4 aromatic rings. The zero-order chi connectivity index (χ0) is 33.8. The number of amides is 1. The normalized spacial score (nSPS) is 12.6. The number of hydrogen-bond donors (Lipinski definition) is 0. The summed E-state index contributed by atoms with van der Waals surface area (Å²) in [6.45, 7) is 6.17. The number of unbranched alkanes of at least 4 members (excludes halogenated alkanes) is 5. The van der Waals surface area contributed by atoms with Crippen LogP contribution in [0.4, 0.5) is 11.4 Å². The Labute approximate surface area is 284 Å². The lowest BCUT2D eigenvalue weighted by Gasteiger charge is -2.29. The van der Waals surface area contributed by atoms with Gasteiger partial charge >= 0.3 is 5.97 Å². The van der Waals surface area contributed by atoms with Crippen molar-refractivity contribution in [3.63, 3.8) is 0 Å². The second kappa shape index (κ2) is 20.7. The van der Waals surface area contributed by atoms with Gasteiger partial charge in [0.2, 0.25) is 6.41 Å². The molecule has 1 aliphatic heterocycles. The third-order valence-electron chi connectivity index (χ3n) is 8.42. The van der Waals surface area contributed by atoms with Gasteiger partial charge < -0.3 is 23.8 Å². The summed E-state index contributed by atoms with van der Waals surface area (Å²) in [5, 5.41) is 2.57. The van der Waals surface area contributed by atoms with Gasteiger partial charge in [-0.2, -0.15) is 0 Å². The average Bonchev–Trinajstić information content (AvgIpc) is 3.13. The topological polar surface area (TPSA) is 94.0 Å². The molecule has 256 valence electrons. The second-order valence-electron chi connectivity index (χ2n) is 12.0. The van der Waals surface area contributed by atoms with Crippen LogP contribution in [0, 0.1) is 0 Å². The first kappa shape index (κ1) is 36.3. The number of pyridine rings is 2. The van der Waals surface area contributed by atoms with Crippen LogP contribution in [0.25, 0.3) is 10.8 Å². The zero-order valence-electron chi connectivity index (χ0n) is 28.3. The molecule has 0 aliphatic carbocycles. The Morgan fingerprint density at radius 2 is 1.60 bits per heavy atom. The predicted octanol–water partition coefficient (Wildman–Crippen LogP) is 7.16. The van der Waals surface area contributed by atoms with Crippen LogP contribution in [-0.2, 0) is 32.2 Å². The monoisotopic (exact) mass is 654 g/mol. The molecule has 1 amide bonds. The second-order valence-corrected chi connectivity index (χ2v) is 12.0. The molecule has 2 aromatic heterocycles. The minimum Gasteiger partial charge on any atom is -0.465 e. The Hall–Kier alpha value is -4.50. The van der Waals surface area contributed by atoms with Gasteiger partial charge in [0.1, 0.15) is 6.54 Å². The smallest absolute Gasteiger partial charge is 0.326 e. The average molecular weight is 655 g/mol. The highest BCUT2D eigenvalue weighted by Gasteiger charge is 2.13. The van der Waals surface area contributed by atoms with Crippen molar-refractivity contribution in [3.8, 4) is 0 Å². The molecule has 0 atom stereocenters. The number of benzene rings is 2. The zero-order valence-corrected chi connectivity index (χ0v) is 28.3. The van der Waals surface area contributed by atoms with Crippen LogP contribution in [0.3, 0.4) is 0 Å². The number of esters is 1. The molecule has 9 heteroatoms. The summed E-state index contributed by atoms with van der Waals surface area (Å²) in [6.07, 6.45) is 16.6. The Morgan fingerprint density at radius 1 is 0.875 bits per heavy atom. The molecule has 9 nitrogen and oxygen atoms in total. The van der Waals surface area contributed by atoms with Crippen molar-refractivity contribution in [1.82, 2.24) is 9.55 Å². The van der Waals surface area contributed by atoms with Crippen molar-refractivity contribution in [1.29, 1.82) is 0 Å². The molecule has 1 saturated heterocycles. The van der Waals surface area contributed by atoms with E-state index in [-0.39, 0.29) is 18.7 Å². The van der Waals surface area contributed by atoms with Crippen LogP contribution in [0.2, 0.25) is 0 Å². The van der Waals surface area contributed by atoms with E-state index in [9.17, 15) is 14.4 Å². The minimum absolute atomic E-state index is 0.164. The van der Waals surface area contributed by atoms with Crippen LogP contribution in [-0.4, -0.2) is 54.8 Å². The number of nitrogens with zero attached hydrogens (tertiary/aromatic N) is 4. The predicted molar refractivity (Wildman–Crippen MR) is 192 cm³/mol. The quantitative estimate of drug-likeness (QED) is 0.0678. The van der Waals surface area contributed by atoms with E-state index in [1.54, 1.807) is 17.9 Å². The Balaban J connectivity index is 0.000000268. The summed E-state index contributed by atoms with van der Waals surface area (Å²) >= 11 is 0. The molecule has 1 aliphatic rings. The Bertz CT molecular complexity index is 1580. The molecule has 0 saturated carbocycles. The van der Waals surface area contributed by atoms with E-state index in [0.717, 1.165) is 51.5 Å². The van der Waals surface area contributed by atoms with E-state index in [1.165, 1.54) is 71.2 Å². The van der Waals surface area contributed by atoms with E-state index in [2.05, 4.69) is 46.3 Å². The van der Waals surface area contributed by atoms with Crippen LogP contribution < -0.4 is 15.4 Å². The highest BCUT2D eigenvalue weighted by Crippen LogP contribution is 2.27. The fourth-order valence-electron chi connectivity index (χ4n) is 5.85. The van der Waals surface area contributed by atoms with Gasteiger partial charge in [0.05, 0.1) is 30.8 Å². The molecule has 5 rings (SSSR count). The number of aromatic nitrogens is 2. The molecule has 3 heterocycles. The van der Waals surface area contributed by atoms with Crippen LogP contribution in [0.5, 0.6) is 0 Å². The third-order valence-corrected chi connectivity index (χ3v) is 8.42. The molecule has 2 aromatic carbocycles. The molecule has 0 N–H and O–H groups in total. The van der Waals surface area contributed by atoms with Crippen molar-refractivity contribution in [2.45, 2.75) is 77.9 Å². The van der Waals surface area contributed by atoms with Crippen LogP contribution >= 0.6 is 0 Å². The van der Waals surface area contributed by atoms with Crippen molar-refractivity contribution in [3.05, 3.63) is 101 Å². The van der Waals surface area contributed by atoms with Crippen LogP contribution in [0.15, 0.2) is 90.1 Å². The molecule has 1 fully saturated rings. The van der Waals surface area contributed by atoms with E-state index in [0.29, 0.717) is 18.8 Å². The highest BCUT2D eigenvalue weighted by molar-refractivity contribution is 5.93. The number of carbonyl (C=O) groups is 2. The van der Waals surface area contributed by atoms with Crippen molar-refractivity contribution >= 4 is 34.5 Å². The van der Waals surface area contributed by atoms with E-state index < -0.39 is 5.97 Å². The molecule has 0 unspecified atom stereocenters. The van der Waals surface area contributed by atoms with Gasteiger partial charge in [-0.1, -0.05) is 80.3 Å². The van der Waals surface area contributed by atoms with E-state index >= 15 is 0 Å². The number of rotatable bonds is 17. The third kappa shape index (κ3) is 11.9. The lowest BCUT2D eigenvalue weighted by molar-refractivity contribution is -0.143. The maximum absolute atomic E-state index is 12.0. The molecular weight excluding hydrogens is 604 g/mol. The van der Waals surface area contributed by atoms with Gasteiger partial charge in [-0.3, -0.25) is 19.4 Å². The summed E-state index contributed by atoms with van der Waals surface area (Å²) in [4.78, 5) is 43.5. The minimum atomic E-state index is -0.477. The number of anilines is 2. The van der Waals surface area contributed by atoms with Gasteiger partial charge in [0.25, 0.3) is 5.56 Å². The van der Waals surface area contributed by atoms with Gasteiger partial charge in [0.15, 0.2) is 0 Å². The van der Waals surface area contributed by atoms with Gasteiger partial charge in [-0.05, 0) is 50.7 Å². The number of ether oxygens (including phenoxy) is 2. The van der Waals surface area contributed by atoms with Gasteiger partial charge in [-0.25, -0.2) is 0 Å². The lowest BCUT2D eigenvalue weighted by atomic mass is 10.1. The maximum atomic E-state index is 12.0. The van der Waals surface area contributed by atoms with E-state index in [1.807, 2.05) is 30.6 Å². The molecule has 48 heavy (non-hydrogen) atoms. The van der Waals surface area contributed by atoms with Crippen molar-refractivity contribution in [2.75, 3.05) is 42.6 Å². The summed E-state index contributed by atoms with van der Waals surface area (Å²) < 4.78 is 11.9. The van der Waals surface area contributed by atoms with E-state index in [4.69, 9.17) is 9.47 Å². The molecule has 0 spiro atoms. The Kier molecular flexibility index (Phi) is 15.7. The Morgan fingerprint density at radius 3 is 2.38 bits per heavy atom.